The van der Waals surface area contributed by atoms with Gasteiger partial charge in [0.2, 0.25) is 0 Å². The maximum atomic E-state index is 6.23. The minimum atomic E-state index is 0. The number of nitrogens with zero attached hydrogens (tertiary/aromatic N) is 3. The number of fused-ring (bicyclic) bond motifs is 1. The molecular formula is C13H24Cl2N4. The molecule has 2 aliphatic rings. The molecule has 4 nitrogen and oxygen atoms in total. The Balaban J connectivity index is 0.000000902. The van der Waals surface area contributed by atoms with E-state index in [0.29, 0.717) is 6.04 Å². The second kappa shape index (κ2) is 7.48. The summed E-state index contributed by atoms with van der Waals surface area (Å²) in [6, 6.07) is 2.43. The summed E-state index contributed by atoms with van der Waals surface area (Å²) in [5, 5.41) is 4.25. The van der Waals surface area contributed by atoms with E-state index in [1.165, 1.54) is 32.4 Å². The molecule has 1 aromatic heterocycles. The molecule has 19 heavy (non-hydrogen) atoms. The molecule has 0 aromatic carbocycles. The molecule has 3 unspecified atom stereocenters. The van der Waals surface area contributed by atoms with Crippen molar-refractivity contribution in [1.82, 2.24) is 14.7 Å². The standard InChI is InChI=1S/C13H22N4.2ClH/c14-13-4-1-3-11-9-16(10-12(11)13)7-8-17-6-2-5-15-17;;/h2,5-6,11-13H,1,3-4,7-10,14H2;2*1H. The molecule has 1 saturated carbocycles. The highest BCUT2D eigenvalue weighted by atomic mass is 35.5. The molecule has 0 bridgehead atoms. The second-order valence-electron chi connectivity index (χ2n) is 5.55. The smallest absolute Gasteiger partial charge is 0.0536 e. The van der Waals surface area contributed by atoms with Crippen molar-refractivity contribution in [2.75, 3.05) is 19.6 Å². The fraction of sp³-hybridized carbons (Fsp3) is 0.769. The number of likely N-dealkylation sites (tertiary alicyclic amines) is 1. The van der Waals surface area contributed by atoms with Gasteiger partial charge in [-0.3, -0.25) is 4.68 Å². The Labute approximate surface area is 127 Å². The van der Waals surface area contributed by atoms with Gasteiger partial charge in [-0.1, -0.05) is 6.42 Å². The van der Waals surface area contributed by atoms with Crippen LogP contribution < -0.4 is 5.73 Å². The zero-order valence-corrected chi connectivity index (χ0v) is 12.8. The molecule has 0 radical (unpaired) electrons. The number of aromatic nitrogens is 2. The van der Waals surface area contributed by atoms with Crippen molar-refractivity contribution in [2.45, 2.75) is 31.8 Å². The first kappa shape index (κ1) is 16.8. The molecule has 3 rings (SSSR count). The van der Waals surface area contributed by atoms with Gasteiger partial charge in [-0.25, -0.2) is 0 Å². The largest absolute Gasteiger partial charge is 0.327 e. The molecule has 1 aliphatic heterocycles. The van der Waals surface area contributed by atoms with Gasteiger partial charge >= 0.3 is 0 Å². The van der Waals surface area contributed by atoms with E-state index in [0.717, 1.165) is 24.9 Å². The zero-order valence-electron chi connectivity index (χ0n) is 11.1. The van der Waals surface area contributed by atoms with E-state index in [9.17, 15) is 0 Å². The Morgan fingerprint density at radius 3 is 2.68 bits per heavy atom. The molecule has 1 aromatic rings. The minimum Gasteiger partial charge on any atom is -0.327 e. The first-order chi connectivity index (χ1) is 8.33. The van der Waals surface area contributed by atoms with Gasteiger partial charge in [0, 0.05) is 38.1 Å². The van der Waals surface area contributed by atoms with Crippen LogP contribution in [0, 0.1) is 11.8 Å². The van der Waals surface area contributed by atoms with Crippen LogP contribution in [0.3, 0.4) is 0 Å². The highest BCUT2D eigenvalue weighted by Gasteiger charge is 2.38. The number of rotatable bonds is 3. The van der Waals surface area contributed by atoms with E-state index in [-0.39, 0.29) is 24.8 Å². The summed E-state index contributed by atoms with van der Waals surface area (Å²) in [4.78, 5) is 2.57. The van der Waals surface area contributed by atoms with Crippen LogP contribution in [0.2, 0.25) is 0 Å². The molecule has 3 atom stereocenters. The van der Waals surface area contributed by atoms with Crippen LogP contribution in [0.25, 0.3) is 0 Å². The Morgan fingerprint density at radius 1 is 1.16 bits per heavy atom. The van der Waals surface area contributed by atoms with Crippen molar-refractivity contribution in [2.24, 2.45) is 17.6 Å². The number of halogens is 2. The first-order valence-electron chi connectivity index (χ1n) is 6.78. The Bertz CT molecular complexity index is 358. The molecular weight excluding hydrogens is 283 g/mol. The van der Waals surface area contributed by atoms with Gasteiger partial charge in [0.05, 0.1) is 6.54 Å². The predicted molar refractivity (Wildman–Crippen MR) is 82.0 cm³/mol. The molecule has 1 aliphatic carbocycles. The molecule has 2 heterocycles. The predicted octanol–water partition coefficient (Wildman–Crippen LogP) is 1.79. The van der Waals surface area contributed by atoms with Crippen molar-refractivity contribution >= 4 is 24.8 Å². The molecule has 6 heteroatoms. The van der Waals surface area contributed by atoms with E-state index < -0.39 is 0 Å². The SMILES string of the molecule is Cl.Cl.NC1CCCC2CN(CCn3cccn3)CC12. The summed E-state index contributed by atoms with van der Waals surface area (Å²) >= 11 is 0. The Hall–Kier alpha value is -0.290. The van der Waals surface area contributed by atoms with Crippen molar-refractivity contribution in [3.63, 3.8) is 0 Å². The Kier molecular flexibility index (Phi) is 6.60. The summed E-state index contributed by atoms with van der Waals surface area (Å²) in [5.41, 5.74) is 6.23. The van der Waals surface area contributed by atoms with E-state index in [1.54, 1.807) is 0 Å². The fourth-order valence-electron chi connectivity index (χ4n) is 3.47. The van der Waals surface area contributed by atoms with Gasteiger partial charge < -0.3 is 10.6 Å². The monoisotopic (exact) mass is 306 g/mol. The minimum absolute atomic E-state index is 0. The zero-order chi connectivity index (χ0) is 11.7. The maximum Gasteiger partial charge on any atom is 0.0536 e. The molecule has 2 N–H and O–H groups in total. The van der Waals surface area contributed by atoms with Gasteiger partial charge in [-0.05, 0) is 30.7 Å². The highest BCUT2D eigenvalue weighted by molar-refractivity contribution is 5.85. The van der Waals surface area contributed by atoms with Gasteiger partial charge in [0.15, 0.2) is 0 Å². The average Bonchev–Trinajstić information content (AvgIpc) is 2.95. The van der Waals surface area contributed by atoms with Crippen molar-refractivity contribution in [3.05, 3.63) is 18.5 Å². The summed E-state index contributed by atoms with van der Waals surface area (Å²) in [6.45, 7) is 4.57. The molecule has 110 valence electrons. The third-order valence-electron chi connectivity index (χ3n) is 4.43. The maximum absolute atomic E-state index is 6.23. The highest BCUT2D eigenvalue weighted by Crippen LogP contribution is 2.35. The molecule has 0 amide bonds. The van der Waals surface area contributed by atoms with E-state index in [2.05, 4.69) is 10.00 Å². The van der Waals surface area contributed by atoms with Crippen LogP contribution >= 0.6 is 24.8 Å². The van der Waals surface area contributed by atoms with Crippen LogP contribution in [-0.4, -0.2) is 40.4 Å². The normalized spacial score (nSPS) is 30.3. The van der Waals surface area contributed by atoms with Crippen LogP contribution in [0.5, 0.6) is 0 Å². The lowest BCUT2D eigenvalue weighted by molar-refractivity contribution is 0.259. The lowest BCUT2D eigenvalue weighted by atomic mass is 9.78. The first-order valence-corrected chi connectivity index (χ1v) is 6.78. The topological polar surface area (TPSA) is 47.1 Å². The quantitative estimate of drug-likeness (QED) is 0.926. The summed E-state index contributed by atoms with van der Waals surface area (Å²) in [5.74, 6) is 1.61. The summed E-state index contributed by atoms with van der Waals surface area (Å²) in [7, 11) is 0. The van der Waals surface area contributed by atoms with E-state index in [1.807, 2.05) is 23.1 Å². The third kappa shape index (κ3) is 3.85. The van der Waals surface area contributed by atoms with Crippen molar-refractivity contribution in [3.8, 4) is 0 Å². The summed E-state index contributed by atoms with van der Waals surface area (Å²) in [6.07, 6.45) is 7.83. The van der Waals surface area contributed by atoms with E-state index in [4.69, 9.17) is 5.73 Å². The van der Waals surface area contributed by atoms with E-state index >= 15 is 0 Å². The van der Waals surface area contributed by atoms with Crippen LogP contribution in [0.4, 0.5) is 0 Å². The van der Waals surface area contributed by atoms with Crippen LogP contribution in [-0.2, 0) is 6.54 Å². The molecule has 0 spiro atoms. The fourth-order valence-corrected chi connectivity index (χ4v) is 3.47. The van der Waals surface area contributed by atoms with Crippen LogP contribution in [0.1, 0.15) is 19.3 Å². The van der Waals surface area contributed by atoms with Gasteiger partial charge in [0.1, 0.15) is 0 Å². The third-order valence-corrected chi connectivity index (χ3v) is 4.43. The molecule has 1 saturated heterocycles. The van der Waals surface area contributed by atoms with Crippen molar-refractivity contribution < 1.29 is 0 Å². The average molecular weight is 307 g/mol. The number of hydrogen-bond acceptors (Lipinski definition) is 3. The van der Waals surface area contributed by atoms with Gasteiger partial charge in [-0.15, -0.1) is 24.8 Å². The van der Waals surface area contributed by atoms with Gasteiger partial charge in [0.25, 0.3) is 0 Å². The lowest BCUT2D eigenvalue weighted by Crippen LogP contribution is -2.38. The summed E-state index contributed by atoms with van der Waals surface area (Å²) < 4.78 is 2.02. The Morgan fingerprint density at radius 2 is 2.00 bits per heavy atom. The van der Waals surface area contributed by atoms with Gasteiger partial charge in [-0.2, -0.15) is 5.10 Å². The number of hydrogen-bond donors (Lipinski definition) is 1. The lowest BCUT2D eigenvalue weighted by Gasteiger charge is -2.29. The van der Waals surface area contributed by atoms with Crippen LogP contribution in [0.15, 0.2) is 18.5 Å². The number of nitrogens with two attached hydrogens (primary N) is 1. The molecule has 2 fully saturated rings. The second-order valence-corrected chi connectivity index (χ2v) is 5.55. The van der Waals surface area contributed by atoms with Crippen molar-refractivity contribution in [1.29, 1.82) is 0 Å².